The summed E-state index contributed by atoms with van der Waals surface area (Å²) in [6.45, 7) is 3.49. The molecule has 0 aliphatic heterocycles. The van der Waals surface area contributed by atoms with Crippen LogP contribution >= 0.6 is 7.82 Å². The normalized spacial score (nSPS) is 13.7. The van der Waals surface area contributed by atoms with Crippen molar-refractivity contribution < 1.29 is 37.9 Å². The fraction of sp³-hybridized carbons (Fsp3) is 0.810. The molecule has 0 aromatic heterocycles. The van der Waals surface area contributed by atoms with Crippen LogP contribution in [0.4, 0.5) is 0 Å². The molecule has 0 heterocycles. The van der Waals surface area contributed by atoms with Gasteiger partial charge in [-0.3, -0.25) is 18.6 Å². The number of carbonyl (C=O) groups is 2. The average Bonchev–Trinajstić information content (AvgIpc) is 3.13. The second-order valence-corrected chi connectivity index (χ2v) is 15.4. The highest BCUT2D eigenvalue weighted by Crippen LogP contribution is 2.42. The van der Waals surface area contributed by atoms with Gasteiger partial charge in [-0.2, -0.15) is 0 Å². The van der Waals surface area contributed by atoms with Crippen molar-refractivity contribution in [1.82, 2.24) is 5.32 Å². The maximum atomic E-state index is 12.1. The summed E-state index contributed by atoms with van der Waals surface area (Å²) >= 11 is 0. The Labute approximate surface area is 318 Å². The smallest absolute Gasteiger partial charge is 0.463 e. The Bertz CT molecular complexity index is 954. The number of rotatable bonds is 39. The van der Waals surface area contributed by atoms with Gasteiger partial charge < -0.3 is 20.1 Å². The summed E-state index contributed by atoms with van der Waals surface area (Å²) in [7, 11) is -4.41. The fourth-order valence-electron chi connectivity index (χ4n) is 5.58. The molecule has 0 saturated heterocycles. The van der Waals surface area contributed by atoms with Gasteiger partial charge in [0.1, 0.15) is 12.7 Å². The first-order valence-corrected chi connectivity index (χ1v) is 22.5. The van der Waals surface area contributed by atoms with E-state index in [1.54, 1.807) is 0 Å². The molecule has 0 aliphatic carbocycles. The summed E-state index contributed by atoms with van der Waals surface area (Å²) in [5.74, 6) is -0.530. The van der Waals surface area contributed by atoms with Gasteiger partial charge in [-0.1, -0.05) is 140 Å². The van der Waals surface area contributed by atoms with Crippen molar-refractivity contribution in [1.29, 1.82) is 0 Å². The van der Waals surface area contributed by atoms with Gasteiger partial charge in [0.2, 0.25) is 5.91 Å². The van der Waals surface area contributed by atoms with E-state index in [9.17, 15) is 24.2 Å². The summed E-state index contributed by atoms with van der Waals surface area (Å²) in [6.07, 6.45) is 42.1. The van der Waals surface area contributed by atoms with Gasteiger partial charge in [-0.05, 0) is 70.6 Å². The van der Waals surface area contributed by atoms with Gasteiger partial charge in [0, 0.05) is 19.4 Å². The summed E-state index contributed by atoms with van der Waals surface area (Å²) in [5.41, 5.74) is 0. The van der Waals surface area contributed by atoms with Crippen LogP contribution in [0.1, 0.15) is 187 Å². The Morgan fingerprint density at radius 2 is 1.04 bits per heavy atom. The second kappa shape index (κ2) is 38.9. The zero-order valence-corrected chi connectivity index (χ0v) is 34.1. The Kier molecular flexibility index (Phi) is 37.6. The van der Waals surface area contributed by atoms with Gasteiger partial charge >= 0.3 is 13.8 Å². The Morgan fingerprint density at radius 1 is 0.596 bits per heavy atom. The number of phosphoric ester groups is 1. The van der Waals surface area contributed by atoms with E-state index >= 15 is 0 Å². The lowest BCUT2D eigenvalue weighted by Crippen LogP contribution is -2.27. The van der Waals surface area contributed by atoms with Crippen molar-refractivity contribution in [2.75, 3.05) is 26.4 Å². The number of hydrogen-bond acceptors (Lipinski definition) is 7. The first kappa shape index (κ1) is 50.2. The lowest BCUT2D eigenvalue weighted by molar-refractivity contribution is -0.147. The zero-order valence-electron chi connectivity index (χ0n) is 33.3. The van der Waals surface area contributed by atoms with Crippen LogP contribution in [0.2, 0.25) is 0 Å². The van der Waals surface area contributed by atoms with Crippen molar-refractivity contribution in [3.05, 3.63) is 36.5 Å². The predicted octanol–water partition coefficient (Wildman–Crippen LogP) is 11.4. The number of unbranched alkanes of at least 4 members (excludes halogenated alkanes) is 20. The van der Waals surface area contributed by atoms with Crippen LogP contribution in [-0.4, -0.2) is 54.3 Å². The van der Waals surface area contributed by atoms with E-state index in [4.69, 9.17) is 13.8 Å². The molecule has 9 nitrogen and oxygen atoms in total. The first-order chi connectivity index (χ1) is 25.3. The third-order valence-electron chi connectivity index (χ3n) is 8.79. The summed E-state index contributed by atoms with van der Waals surface area (Å²) in [6, 6.07) is 0. The van der Waals surface area contributed by atoms with Crippen LogP contribution in [0.15, 0.2) is 36.5 Å². The highest BCUT2D eigenvalue weighted by atomic mass is 31.2. The third-order valence-corrected chi connectivity index (χ3v) is 9.78. The van der Waals surface area contributed by atoms with Crippen molar-refractivity contribution in [3.63, 3.8) is 0 Å². The molecule has 0 aromatic carbocycles. The molecule has 2 atom stereocenters. The van der Waals surface area contributed by atoms with Crippen LogP contribution in [0, 0.1) is 0 Å². The standard InChI is InChI=1S/C42H78NO8P/c1-3-5-7-9-11-13-15-17-18-19-20-21-22-23-25-27-29-31-33-35-42(46)49-38-40(44)39-51-52(47,48)50-37-36-43-41(45)34-32-30-28-26-24-16-14-12-10-8-6-4-2/h11-14,17-18,40,44H,3-10,15-16,19-39H2,1-2H3,(H,43,45)(H,47,48)/b13-11-,14-12-,18-17-. The van der Waals surface area contributed by atoms with Gasteiger partial charge in [-0.25, -0.2) is 4.57 Å². The van der Waals surface area contributed by atoms with E-state index in [1.807, 2.05) is 0 Å². The molecule has 0 aromatic rings. The van der Waals surface area contributed by atoms with Gasteiger partial charge in [0.15, 0.2) is 0 Å². The second-order valence-electron chi connectivity index (χ2n) is 14.0. The lowest BCUT2D eigenvalue weighted by Gasteiger charge is -2.15. The van der Waals surface area contributed by atoms with E-state index in [-0.39, 0.29) is 32.1 Å². The molecule has 0 aliphatic rings. The SMILES string of the molecule is CCCCC/C=C\C/C=C\CCCCCCCCCCCC(=O)OCC(O)COP(=O)(O)OCCNC(=O)CCCCCCC/C=C\CCCCC. The van der Waals surface area contributed by atoms with Crippen molar-refractivity contribution in [3.8, 4) is 0 Å². The molecule has 10 heteroatoms. The molecule has 0 radical (unpaired) electrons. The number of ether oxygens (including phenoxy) is 1. The number of phosphoric acid groups is 1. The topological polar surface area (TPSA) is 131 Å². The van der Waals surface area contributed by atoms with Crippen LogP contribution in [-0.2, 0) is 27.9 Å². The fourth-order valence-corrected chi connectivity index (χ4v) is 6.34. The maximum absolute atomic E-state index is 12.1. The largest absolute Gasteiger partial charge is 0.472 e. The molecular weight excluding hydrogens is 677 g/mol. The molecule has 3 N–H and O–H groups in total. The Balaban J connectivity index is 3.61. The Hall–Kier alpha value is -1.77. The van der Waals surface area contributed by atoms with Crippen molar-refractivity contribution >= 4 is 19.7 Å². The van der Waals surface area contributed by atoms with Crippen molar-refractivity contribution in [2.24, 2.45) is 0 Å². The lowest BCUT2D eigenvalue weighted by atomic mass is 10.1. The van der Waals surface area contributed by atoms with Crippen LogP contribution in [0.3, 0.4) is 0 Å². The monoisotopic (exact) mass is 756 g/mol. The number of allylic oxidation sites excluding steroid dienone is 6. The van der Waals surface area contributed by atoms with Crippen LogP contribution in [0.25, 0.3) is 0 Å². The summed E-state index contributed by atoms with van der Waals surface area (Å²) < 4.78 is 26.8. The molecule has 2 unspecified atom stereocenters. The first-order valence-electron chi connectivity index (χ1n) is 21.0. The minimum atomic E-state index is -4.41. The molecule has 0 bridgehead atoms. The van der Waals surface area contributed by atoms with Gasteiger partial charge in [-0.15, -0.1) is 0 Å². The summed E-state index contributed by atoms with van der Waals surface area (Å²) in [4.78, 5) is 33.8. The minimum absolute atomic E-state index is 0.0768. The van der Waals surface area contributed by atoms with E-state index in [0.717, 1.165) is 57.8 Å². The van der Waals surface area contributed by atoms with Gasteiger partial charge in [0.05, 0.1) is 13.2 Å². The maximum Gasteiger partial charge on any atom is 0.472 e. The number of esters is 1. The van der Waals surface area contributed by atoms with E-state index < -0.39 is 26.5 Å². The molecule has 0 fully saturated rings. The van der Waals surface area contributed by atoms with Gasteiger partial charge in [0.25, 0.3) is 0 Å². The average molecular weight is 756 g/mol. The van der Waals surface area contributed by atoms with E-state index in [1.165, 1.54) is 103 Å². The number of carbonyl (C=O) groups excluding carboxylic acids is 2. The number of aliphatic hydroxyl groups excluding tert-OH is 1. The van der Waals surface area contributed by atoms with E-state index in [2.05, 4.69) is 55.6 Å². The van der Waals surface area contributed by atoms with Crippen LogP contribution in [0.5, 0.6) is 0 Å². The molecule has 304 valence electrons. The Morgan fingerprint density at radius 3 is 1.56 bits per heavy atom. The molecular formula is C42H78NO8P. The minimum Gasteiger partial charge on any atom is -0.463 e. The molecule has 1 amide bonds. The quantitative estimate of drug-likeness (QED) is 0.0244. The number of hydrogen-bond donors (Lipinski definition) is 3. The highest BCUT2D eigenvalue weighted by molar-refractivity contribution is 7.47. The predicted molar refractivity (Wildman–Crippen MR) is 215 cm³/mol. The molecule has 0 spiro atoms. The van der Waals surface area contributed by atoms with Crippen molar-refractivity contribution in [2.45, 2.75) is 193 Å². The number of amides is 1. The third kappa shape index (κ3) is 39.4. The van der Waals surface area contributed by atoms with Crippen LogP contribution < -0.4 is 5.32 Å². The van der Waals surface area contributed by atoms with E-state index in [0.29, 0.717) is 6.42 Å². The molecule has 0 rings (SSSR count). The summed E-state index contributed by atoms with van der Waals surface area (Å²) in [5, 5.41) is 12.7. The number of aliphatic hydroxyl groups is 1. The highest BCUT2D eigenvalue weighted by Gasteiger charge is 2.23. The molecule has 52 heavy (non-hydrogen) atoms. The molecule has 0 saturated carbocycles. The zero-order chi connectivity index (χ0) is 38.2. The number of nitrogens with one attached hydrogen (secondary N) is 1.